The van der Waals surface area contributed by atoms with Crippen molar-refractivity contribution in [2.24, 2.45) is 5.10 Å². The van der Waals surface area contributed by atoms with Gasteiger partial charge in [0.15, 0.2) is 10.8 Å². The third kappa shape index (κ3) is 3.51. The Kier molecular flexibility index (Phi) is 4.07. The van der Waals surface area contributed by atoms with E-state index in [0.717, 1.165) is 0 Å². The minimum Gasteiger partial charge on any atom is -0.349 e. The third-order valence-electron chi connectivity index (χ3n) is 2.85. The molecule has 1 aliphatic heterocycles. The average molecular weight is 262 g/mol. The molecule has 1 aliphatic rings. The molecule has 1 heterocycles. The topological polar surface area (TPSA) is 87.8 Å². The van der Waals surface area contributed by atoms with Crippen LogP contribution in [0, 0.1) is 10.1 Å². The Balaban J connectivity index is 1.92. The molecule has 0 spiro atoms. The van der Waals surface area contributed by atoms with E-state index in [-0.39, 0.29) is 11.7 Å². The molecule has 7 heteroatoms. The Morgan fingerprint density at radius 3 is 2.84 bits per heavy atom. The van der Waals surface area contributed by atoms with Crippen molar-refractivity contribution in [3.63, 3.8) is 0 Å². The number of guanidine groups is 1. The van der Waals surface area contributed by atoms with Crippen LogP contribution in [0.2, 0.25) is 0 Å². The Labute approximate surface area is 110 Å². The normalized spacial score (nSPS) is 16.4. The molecule has 2 rings (SSSR count). The maximum absolute atomic E-state index is 11.9. The van der Waals surface area contributed by atoms with E-state index in [0.29, 0.717) is 31.6 Å². The van der Waals surface area contributed by atoms with Gasteiger partial charge < -0.3 is 10.2 Å². The molecule has 1 N–H and O–H groups in total. The number of nitrogens with zero attached hydrogens (tertiary/aromatic N) is 3. The Morgan fingerprint density at radius 1 is 1.42 bits per heavy atom. The fraction of sp³-hybridized carbons (Fsp3) is 0.333. The van der Waals surface area contributed by atoms with E-state index in [1.165, 1.54) is 0 Å². The van der Waals surface area contributed by atoms with Crippen LogP contribution in [0.15, 0.2) is 35.4 Å². The van der Waals surface area contributed by atoms with Crippen molar-refractivity contribution in [2.75, 3.05) is 19.6 Å². The fourth-order valence-corrected chi connectivity index (χ4v) is 1.92. The van der Waals surface area contributed by atoms with E-state index in [2.05, 4.69) is 10.4 Å². The summed E-state index contributed by atoms with van der Waals surface area (Å²) in [5.74, 6) is 0.249. The van der Waals surface area contributed by atoms with E-state index in [4.69, 9.17) is 0 Å². The van der Waals surface area contributed by atoms with E-state index in [9.17, 15) is 14.9 Å². The van der Waals surface area contributed by atoms with Gasteiger partial charge in [-0.15, -0.1) is 0 Å². The molecule has 100 valence electrons. The largest absolute Gasteiger partial charge is 0.349 e. The van der Waals surface area contributed by atoms with Crippen LogP contribution in [0.3, 0.4) is 0 Å². The van der Waals surface area contributed by atoms with Crippen LogP contribution in [-0.2, 0) is 0 Å². The quantitative estimate of drug-likeness (QED) is 0.479. The number of ketones is 1. The van der Waals surface area contributed by atoms with Crippen LogP contribution < -0.4 is 5.32 Å². The second-order valence-electron chi connectivity index (χ2n) is 4.11. The SMILES string of the molecule is O=C(CCN1CCN/C1=N\[N+](=O)[O-])c1ccccc1. The molecule has 0 atom stereocenters. The molecule has 0 amide bonds. The Bertz CT molecular complexity index is 501. The van der Waals surface area contributed by atoms with Crippen LogP contribution in [0.25, 0.3) is 0 Å². The predicted octanol–water partition coefficient (Wildman–Crippen LogP) is 0.712. The van der Waals surface area contributed by atoms with Crippen LogP contribution in [-0.4, -0.2) is 41.3 Å². The third-order valence-corrected chi connectivity index (χ3v) is 2.85. The number of carbonyl (C=O) groups excluding carboxylic acids is 1. The summed E-state index contributed by atoms with van der Waals surface area (Å²) in [4.78, 5) is 24.0. The molecule has 1 aromatic rings. The minimum atomic E-state index is -0.736. The van der Waals surface area contributed by atoms with Crippen molar-refractivity contribution in [3.8, 4) is 0 Å². The van der Waals surface area contributed by atoms with E-state index in [1.807, 2.05) is 18.2 Å². The molecule has 1 fully saturated rings. The van der Waals surface area contributed by atoms with Crippen molar-refractivity contribution in [1.82, 2.24) is 10.2 Å². The lowest BCUT2D eigenvalue weighted by Crippen LogP contribution is -2.32. The number of benzene rings is 1. The number of hydrogen-bond acceptors (Lipinski definition) is 3. The Morgan fingerprint density at radius 2 is 2.16 bits per heavy atom. The van der Waals surface area contributed by atoms with Gasteiger partial charge in [-0.1, -0.05) is 30.3 Å². The van der Waals surface area contributed by atoms with Gasteiger partial charge >= 0.3 is 0 Å². The summed E-state index contributed by atoms with van der Waals surface area (Å²) in [7, 11) is 0. The van der Waals surface area contributed by atoms with Gasteiger partial charge in [-0.2, -0.15) is 0 Å². The first-order chi connectivity index (χ1) is 9.16. The van der Waals surface area contributed by atoms with Crippen molar-refractivity contribution in [3.05, 3.63) is 46.0 Å². The van der Waals surface area contributed by atoms with Gasteiger partial charge in [0, 0.05) is 31.6 Å². The molecule has 7 nitrogen and oxygen atoms in total. The summed E-state index contributed by atoms with van der Waals surface area (Å²) in [6.45, 7) is 1.65. The zero-order chi connectivity index (χ0) is 13.7. The van der Waals surface area contributed by atoms with Crippen LogP contribution in [0.4, 0.5) is 0 Å². The summed E-state index contributed by atoms with van der Waals surface area (Å²) < 4.78 is 0. The molecule has 0 saturated carbocycles. The van der Waals surface area contributed by atoms with E-state index < -0.39 is 5.03 Å². The minimum absolute atomic E-state index is 0.0213. The molecule has 0 aromatic heterocycles. The molecular weight excluding hydrogens is 248 g/mol. The standard InChI is InChI=1S/C12H14N4O3/c17-11(10-4-2-1-3-5-10)6-8-15-9-7-13-12(15)14-16(18)19/h1-5H,6-9H2,(H,13,14). The summed E-state index contributed by atoms with van der Waals surface area (Å²) in [6.07, 6.45) is 0.308. The first-order valence-electron chi connectivity index (χ1n) is 5.97. The lowest BCUT2D eigenvalue weighted by atomic mass is 10.1. The number of carbonyl (C=O) groups is 1. The second-order valence-corrected chi connectivity index (χ2v) is 4.11. The van der Waals surface area contributed by atoms with Crippen molar-refractivity contribution < 1.29 is 9.83 Å². The monoisotopic (exact) mass is 262 g/mol. The second kappa shape index (κ2) is 5.94. The number of rotatable bonds is 5. The molecule has 0 radical (unpaired) electrons. The highest BCUT2D eigenvalue weighted by atomic mass is 16.7. The summed E-state index contributed by atoms with van der Waals surface area (Å²) in [6, 6.07) is 8.99. The number of nitro groups is 1. The van der Waals surface area contributed by atoms with Gasteiger partial charge in [0.2, 0.25) is 0 Å². The van der Waals surface area contributed by atoms with Gasteiger partial charge in [-0.3, -0.25) is 4.79 Å². The number of Topliss-reactive ketones (excluding diaryl/α,β-unsaturated/α-hetero) is 1. The molecule has 19 heavy (non-hydrogen) atoms. The molecule has 0 aliphatic carbocycles. The van der Waals surface area contributed by atoms with Gasteiger partial charge in [0.1, 0.15) is 5.10 Å². The predicted molar refractivity (Wildman–Crippen MR) is 69.4 cm³/mol. The van der Waals surface area contributed by atoms with Crippen LogP contribution in [0.1, 0.15) is 16.8 Å². The van der Waals surface area contributed by atoms with E-state index >= 15 is 0 Å². The van der Waals surface area contributed by atoms with Gasteiger partial charge in [0.05, 0.1) is 0 Å². The summed E-state index contributed by atoms with van der Waals surface area (Å²) >= 11 is 0. The van der Waals surface area contributed by atoms with Gasteiger partial charge in [-0.05, 0) is 0 Å². The molecule has 0 bridgehead atoms. The smallest absolute Gasteiger partial charge is 0.271 e. The van der Waals surface area contributed by atoms with E-state index in [1.54, 1.807) is 17.0 Å². The lowest BCUT2D eigenvalue weighted by molar-refractivity contribution is -0.485. The fourth-order valence-electron chi connectivity index (χ4n) is 1.92. The zero-order valence-electron chi connectivity index (χ0n) is 10.3. The van der Waals surface area contributed by atoms with Gasteiger partial charge in [-0.25, -0.2) is 10.1 Å². The highest BCUT2D eigenvalue weighted by Gasteiger charge is 2.21. The van der Waals surface area contributed by atoms with Crippen molar-refractivity contribution in [2.45, 2.75) is 6.42 Å². The molecule has 0 unspecified atom stereocenters. The average Bonchev–Trinajstić information content (AvgIpc) is 2.83. The van der Waals surface area contributed by atoms with Gasteiger partial charge in [0.25, 0.3) is 5.96 Å². The first kappa shape index (κ1) is 13.0. The highest BCUT2D eigenvalue weighted by molar-refractivity contribution is 5.96. The van der Waals surface area contributed by atoms with Crippen LogP contribution >= 0.6 is 0 Å². The molecule has 1 saturated heterocycles. The van der Waals surface area contributed by atoms with Crippen molar-refractivity contribution >= 4 is 11.7 Å². The molecule has 1 aromatic carbocycles. The van der Waals surface area contributed by atoms with Crippen LogP contribution in [0.5, 0.6) is 0 Å². The highest BCUT2D eigenvalue weighted by Crippen LogP contribution is 2.06. The van der Waals surface area contributed by atoms with Crippen molar-refractivity contribution in [1.29, 1.82) is 0 Å². The first-order valence-corrected chi connectivity index (χ1v) is 5.97. The number of hydrogen-bond donors (Lipinski definition) is 1. The summed E-state index contributed by atoms with van der Waals surface area (Å²) in [5.41, 5.74) is 0.655. The number of hydrazone groups is 1. The maximum Gasteiger partial charge on any atom is 0.271 e. The Hall–Kier alpha value is -2.44. The zero-order valence-corrected chi connectivity index (χ0v) is 10.3. The lowest BCUT2D eigenvalue weighted by Gasteiger charge is -2.14. The number of nitrogens with one attached hydrogen (secondary N) is 1. The maximum atomic E-state index is 11.9. The molecular formula is C12H14N4O3. The summed E-state index contributed by atoms with van der Waals surface area (Å²) in [5, 5.41) is 15.7.